The van der Waals surface area contributed by atoms with E-state index in [4.69, 9.17) is 19.2 Å². The highest BCUT2D eigenvalue weighted by Gasteiger charge is 2.34. The van der Waals surface area contributed by atoms with Gasteiger partial charge in [-0.05, 0) is 94.1 Å². The van der Waals surface area contributed by atoms with Crippen molar-refractivity contribution in [2.45, 2.75) is 25.5 Å². The fourth-order valence-corrected chi connectivity index (χ4v) is 7.96. The Hall–Kier alpha value is -4.75. The second-order valence-electron chi connectivity index (χ2n) is 11.1. The van der Waals surface area contributed by atoms with Gasteiger partial charge >= 0.3 is 0 Å². The first-order valence-corrected chi connectivity index (χ1v) is 16.8. The molecule has 0 radical (unpaired) electrons. The quantitative estimate of drug-likeness (QED) is 0.103. The summed E-state index contributed by atoms with van der Waals surface area (Å²) < 4.78 is 20.7. The van der Waals surface area contributed by atoms with Crippen LogP contribution in [0.4, 0.5) is 5.69 Å². The Morgan fingerprint density at radius 3 is 2.51 bits per heavy atom. The molecule has 1 aliphatic heterocycles. The van der Waals surface area contributed by atoms with Crippen LogP contribution in [0.1, 0.15) is 40.3 Å². The van der Waals surface area contributed by atoms with E-state index in [1.807, 2.05) is 53.1 Å². The van der Waals surface area contributed by atoms with Crippen molar-refractivity contribution in [3.05, 3.63) is 152 Å². The van der Waals surface area contributed by atoms with Crippen LogP contribution >= 0.6 is 33.9 Å². The Morgan fingerprint density at radius 2 is 1.74 bits per heavy atom. The summed E-state index contributed by atoms with van der Waals surface area (Å²) in [7, 11) is 3.22. The minimum Gasteiger partial charge on any atom is -0.496 e. The number of methoxy groups -OCH3 is 2. The van der Waals surface area contributed by atoms with Gasteiger partial charge in [0, 0.05) is 23.3 Å². The van der Waals surface area contributed by atoms with Crippen LogP contribution in [0.25, 0.3) is 11.8 Å². The molecule has 2 heterocycles. The van der Waals surface area contributed by atoms with Gasteiger partial charge in [-0.2, -0.15) is 0 Å². The third-order valence-electron chi connectivity index (χ3n) is 8.39. The molecule has 0 fully saturated rings. The fourth-order valence-electron chi connectivity index (χ4n) is 6.18. The molecule has 9 nitrogen and oxygen atoms in total. The summed E-state index contributed by atoms with van der Waals surface area (Å²) in [4.78, 5) is 30.6. The molecule has 1 atom stereocenters. The molecule has 11 heteroatoms. The summed E-state index contributed by atoms with van der Waals surface area (Å²) in [5.74, 6) is 1.78. The average molecular weight is 758 g/mol. The summed E-state index contributed by atoms with van der Waals surface area (Å²) in [6.45, 7) is 0.207. The molecule has 4 aromatic carbocycles. The number of nitro benzene ring substituents is 1. The van der Waals surface area contributed by atoms with Crippen LogP contribution in [0.2, 0.25) is 0 Å². The van der Waals surface area contributed by atoms with Gasteiger partial charge in [0.1, 0.15) is 12.4 Å². The van der Waals surface area contributed by atoms with E-state index in [0.29, 0.717) is 20.8 Å². The summed E-state index contributed by atoms with van der Waals surface area (Å²) in [6, 6.07) is 25.9. The Balaban J connectivity index is 1.30. The van der Waals surface area contributed by atoms with Crippen molar-refractivity contribution in [1.82, 2.24) is 4.57 Å². The highest BCUT2D eigenvalue weighted by atomic mass is 127. The largest absolute Gasteiger partial charge is 0.496 e. The summed E-state index contributed by atoms with van der Waals surface area (Å²) in [5, 5.41) is 11.0. The van der Waals surface area contributed by atoms with Crippen LogP contribution in [0, 0.1) is 13.7 Å². The molecule has 0 saturated heterocycles. The van der Waals surface area contributed by atoms with Gasteiger partial charge in [0.15, 0.2) is 16.3 Å². The van der Waals surface area contributed by atoms with Gasteiger partial charge in [0.25, 0.3) is 11.2 Å². The Bertz CT molecular complexity index is 2260. The molecular weight excluding hydrogens is 729 g/mol. The topological polar surface area (TPSA) is 105 Å². The second kappa shape index (κ2) is 12.8. The van der Waals surface area contributed by atoms with Gasteiger partial charge in [0.05, 0.1) is 39.0 Å². The SMILES string of the molecule is COc1ccccc1[C@@H]1C2=C(N=c3s/c(=C\c4cc(I)c(OCc5ccc([N+](=O)[O-])cc5)c(OC)c4)c(=O)n31)c1ccccc1CC2. The Labute approximate surface area is 287 Å². The number of non-ortho nitro benzene ring substituents is 1. The number of para-hydroxylation sites is 1. The molecule has 0 amide bonds. The van der Waals surface area contributed by atoms with Crippen molar-refractivity contribution in [2.24, 2.45) is 4.99 Å². The molecule has 5 aromatic rings. The van der Waals surface area contributed by atoms with E-state index < -0.39 is 4.92 Å². The number of halogens is 1. The number of aryl methyl sites for hydroxylation is 1. The van der Waals surface area contributed by atoms with Crippen molar-refractivity contribution in [3.63, 3.8) is 0 Å². The third kappa shape index (κ3) is 5.74. The van der Waals surface area contributed by atoms with Crippen molar-refractivity contribution in [3.8, 4) is 17.2 Å². The van der Waals surface area contributed by atoms with Gasteiger partial charge in [-0.25, -0.2) is 4.99 Å². The smallest absolute Gasteiger partial charge is 0.271 e. The predicted molar refractivity (Wildman–Crippen MR) is 189 cm³/mol. The second-order valence-corrected chi connectivity index (χ2v) is 13.3. The number of thiazole rings is 1. The molecule has 0 spiro atoms. The zero-order chi connectivity index (χ0) is 32.7. The van der Waals surface area contributed by atoms with E-state index in [-0.39, 0.29) is 23.9 Å². The van der Waals surface area contributed by atoms with Crippen molar-refractivity contribution in [2.75, 3.05) is 14.2 Å². The van der Waals surface area contributed by atoms with Crippen LogP contribution in [-0.4, -0.2) is 23.7 Å². The van der Waals surface area contributed by atoms with Crippen molar-refractivity contribution < 1.29 is 19.1 Å². The fraction of sp³-hybridized carbons (Fsp3) is 0.167. The van der Waals surface area contributed by atoms with Gasteiger partial charge in [-0.1, -0.05) is 53.8 Å². The Kier molecular flexibility index (Phi) is 8.41. The molecule has 47 heavy (non-hydrogen) atoms. The predicted octanol–water partition coefficient (Wildman–Crippen LogP) is 6.43. The van der Waals surface area contributed by atoms with E-state index >= 15 is 0 Å². The van der Waals surface area contributed by atoms with Crippen LogP contribution < -0.4 is 29.1 Å². The van der Waals surface area contributed by atoms with Crippen LogP contribution in [0.15, 0.2) is 100 Å². The first-order valence-electron chi connectivity index (χ1n) is 14.9. The Morgan fingerprint density at radius 1 is 1.00 bits per heavy atom. The molecule has 7 rings (SSSR count). The number of aromatic nitrogens is 1. The number of benzene rings is 4. The number of allylic oxidation sites excluding steroid dienone is 1. The lowest BCUT2D eigenvalue weighted by Gasteiger charge is -2.31. The molecule has 2 aliphatic rings. The zero-order valence-electron chi connectivity index (χ0n) is 25.4. The minimum absolute atomic E-state index is 0.0229. The number of nitrogens with zero attached hydrogens (tertiary/aromatic N) is 3. The normalized spacial score (nSPS) is 15.3. The van der Waals surface area contributed by atoms with Gasteiger partial charge in [-0.3, -0.25) is 19.5 Å². The highest BCUT2D eigenvalue weighted by molar-refractivity contribution is 14.1. The van der Waals surface area contributed by atoms with E-state index in [1.54, 1.807) is 26.4 Å². The van der Waals surface area contributed by atoms with Gasteiger partial charge in [0.2, 0.25) is 0 Å². The first-order chi connectivity index (χ1) is 22.9. The highest BCUT2D eigenvalue weighted by Crippen LogP contribution is 2.43. The molecular formula is C36H28IN3O6S. The lowest BCUT2D eigenvalue weighted by atomic mass is 9.83. The standard InChI is InChI=1S/C36H28IN3O6S/c1-44-29-10-6-5-9-26(29)33-27-16-13-23-7-3-4-8-25(23)32(27)38-36-39(33)35(41)31(47-36)19-22-17-28(37)34(30(18-22)45-2)46-20-21-11-14-24(15-12-21)40(42)43/h3-12,14-15,17-19,33H,13,16,20H2,1-2H3/b31-19-/t33-/m1/s1. The summed E-state index contributed by atoms with van der Waals surface area (Å²) in [6.07, 6.45) is 3.53. The number of fused-ring (bicyclic) bond motifs is 3. The van der Waals surface area contributed by atoms with Crippen molar-refractivity contribution in [1.29, 1.82) is 0 Å². The van der Waals surface area contributed by atoms with Crippen LogP contribution in [-0.2, 0) is 13.0 Å². The van der Waals surface area contributed by atoms with Crippen LogP contribution in [0.5, 0.6) is 17.2 Å². The molecule has 0 saturated carbocycles. The summed E-state index contributed by atoms with van der Waals surface area (Å²) >= 11 is 3.55. The van der Waals surface area contributed by atoms with Gasteiger partial charge in [-0.15, -0.1) is 0 Å². The molecule has 1 aromatic heterocycles. The number of hydrogen-bond acceptors (Lipinski definition) is 8. The molecule has 1 aliphatic carbocycles. The molecule has 0 N–H and O–H groups in total. The maximum Gasteiger partial charge on any atom is 0.271 e. The molecule has 236 valence electrons. The number of nitro groups is 1. The zero-order valence-corrected chi connectivity index (χ0v) is 28.4. The number of ether oxygens (including phenoxy) is 3. The monoisotopic (exact) mass is 757 g/mol. The molecule has 0 bridgehead atoms. The lowest BCUT2D eigenvalue weighted by molar-refractivity contribution is -0.384. The van der Waals surface area contributed by atoms with E-state index in [9.17, 15) is 14.9 Å². The van der Waals surface area contributed by atoms with E-state index in [2.05, 4.69) is 40.8 Å². The van der Waals surface area contributed by atoms with Crippen molar-refractivity contribution >= 4 is 51.4 Å². The first kappa shape index (κ1) is 30.9. The average Bonchev–Trinajstić information content (AvgIpc) is 3.40. The van der Waals surface area contributed by atoms with Crippen LogP contribution in [0.3, 0.4) is 0 Å². The molecule has 0 unspecified atom stereocenters. The minimum atomic E-state index is -0.432. The third-order valence-corrected chi connectivity index (χ3v) is 10.2. The van der Waals surface area contributed by atoms with Gasteiger partial charge < -0.3 is 14.2 Å². The maximum atomic E-state index is 14.3. The number of rotatable bonds is 8. The number of hydrogen-bond donors (Lipinski definition) is 0. The summed E-state index contributed by atoms with van der Waals surface area (Å²) in [5.41, 5.74) is 6.79. The van der Waals surface area contributed by atoms with E-state index in [0.717, 1.165) is 55.7 Å². The van der Waals surface area contributed by atoms with E-state index in [1.165, 1.54) is 29.0 Å². The lowest BCUT2D eigenvalue weighted by Crippen LogP contribution is -2.39. The maximum absolute atomic E-state index is 14.3.